The number of fused-ring (bicyclic) bond motifs is 2. The van der Waals surface area contributed by atoms with Gasteiger partial charge in [-0.25, -0.2) is 9.50 Å². The van der Waals surface area contributed by atoms with Crippen molar-refractivity contribution in [2.45, 2.75) is 30.8 Å². The molecule has 36 heavy (non-hydrogen) atoms. The minimum atomic E-state index is -2.31. The molecular formula is C28H26N5O2S-. The summed E-state index contributed by atoms with van der Waals surface area (Å²) in [6.07, 6.45) is 5.65. The van der Waals surface area contributed by atoms with Gasteiger partial charge in [0.2, 0.25) is 0 Å². The first-order valence-corrected chi connectivity index (χ1v) is 13.1. The SMILES string of the molecule is CC1CNCC(C)N1c1ccc(-c2cnc3c(-c4cccc5c(S(=O)[O-])cccc45)cnn3c2)cc1. The maximum atomic E-state index is 11.7. The Morgan fingerprint density at radius 3 is 2.36 bits per heavy atom. The van der Waals surface area contributed by atoms with Crippen molar-refractivity contribution in [3.63, 3.8) is 0 Å². The van der Waals surface area contributed by atoms with Crippen molar-refractivity contribution in [1.82, 2.24) is 19.9 Å². The van der Waals surface area contributed by atoms with Crippen molar-refractivity contribution in [2.24, 2.45) is 0 Å². The van der Waals surface area contributed by atoms with Gasteiger partial charge in [-0.2, -0.15) is 5.10 Å². The number of benzene rings is 3. The summed E-state index contributed by atoms with van der Waals surface area (Å²) in [6.45, 7) is 6.48. The first kappa shape index (κ1) is 22.8. The van der Waals surface area contributed by atoms with E-state index >= 15 is 0 Å². The van der Waals surface area contributed by atoms with E-state index in [1.165, 1.54) is 5.69 Å². The average molecular weight is 497 g/mol. The van der Waals surface area contributed by atoms with Gasteiger partial charge < -0.3 is 14.8 Å². The Morgan fingerprint density at radius 2 is 1.61 bits per heavy atom. The maximum Gasteiger partial charge on any atom is 0.162 e. The summed E-state index contributed by atoms with van der Waals surface area (Å²) in [4.78, 5) is 7.51. The van der Waals surface area contributed by atoms with Gasteiger partial charge in [-0.1, -0.05) is 42.5 Å². The lowest BCUT2D eigenvalue weighted by Gasteiger charge is -2.41. The molecule has 7 nitrogen and oxygen atoms in total. The standard InChI is InChI=1S/C28H27N5O2S/c1-18-13-29-14-19(2)33(18)22-11-9-20(10-12-22)21-15-30-28-26(16-31-32(28)17-21)24-5-3-7-25-23(24)6-4-8-27(25)36(34)35/h3-12,15-19,29H,13-14H2,1-2H3,(H,34,35)/p-1. The minimum absolute atomic E-state index is 0.286. The first-order valence-electron chi connectivity index (χ1n) is 12.1. The monoisotopic (exact) mass is 496 g/mol. The average Bonchev–Trinajstić information content (AvgIpc) is 3.31. The van der Waals surface area contributed by atoms with E-state index in [1.54, 1.807) is 22.8 Å². The summed E-state index contributed by atoms with van der Waals surface area (Å²) in [7, 11) is 0. The van der Waals surface area contributed by atoms with Crippen LogP contribution in [0.1, 0.15) is 13.8 Å². The van der Waals surface area contributed by atoms with E-state index < -0.39 is 11.1 Å². The molecule has 6 rings (SSSR count). The first-order chi connectivity index (χ1) is 17.5. The van der Waals surface area contributed by atoms with E-state index in [0.29, 0.717) is 17.5 Å². The van der Waals surface area contributed by atoms with Gasteiger partial charge in [0.25, 0.3) is 0 Å². The van der Waals surface area contributed by atoms with Crippen LogP contribution in [0.2, 0.25) is 0 Å². The summed E-state index contributed by atoms with van der Waals surface area (Å²) >= 11 is -2.31. The molecule has 0 spiro atoms. The molecule has 1 fully saturated rings. The minimum Gasteiger partial charge on any atom is -0.768 e. The lowest BCUT2D eigenvalue weighted by Crippen LogP contribution is -2.55. The Kier molecular flexibility index (Phi) is 5.79. The van der Waals surface area contributed by atoms with E-state index in [9.17, 15) is 8.76 Å². The van der Waals surface area contributed by atoms with Gasteiger partial charge in [0, 0.05) is 59.3 Å². The van der Waals surface area contributed by atoms with E-state index in [2.05, 4.69) is 53.4 Å². The molecule has 182 valence electrons. The van der Waals surface area contributed by atoms with Crippen molar-refractivity contribution in [1.29, 1.82) is 0 Å². The largest absolute Gasteiger partial charge is 0.768 e. The Morgan fingerprint density at radius 1 is 0.889 bits per heavy atom. The van der Waals surface area contributed by atoms with Gasteiger partial charge in [-0.05, 0) is 65.0 Å². The van der Waals surface area contributed by atoms with Gasteiger partial charge >= 0.3 is 0 Å². The van der Waals surface area contributed by atoms with Crippen LogP contribution >= 0.6 is 0 Å². The van der Waals surface area contributed by atoms with Crippen LogP contribution in [0.25, 0.3) is 38.7 Å². The lowest BCUT2D eigenvalue weighted by atomic mass is 10.00. The number of piperazine rings is 1. The molecule has 3 heterocycles. The van der Waals surface area contributed by atoms with Crippen LogP contribution in [0.5, 0.6) is 0 Å². The van der Waals surface area contributed by atoms with Crippen LogP contribution in [0, 0.1) is 0 Å². The fraction of sp³-hybridized carbons (Fsp3) is 0.214. The van der Waals surface area contributed by atoms with Crippen molar-refractivity contribution >= 4 is 33.2 Å². The highest BCUT2D eigenvalue weighted by Crippen LogP contribution is 2.34. The Hall–Kier alpha value is -3.59. The van der Waals surface area contributed by atoms with Crippen LogP contribution in [-0.4, -0.2) is 48.5 Å². The molecule has 0 amide bonds. The lowest BCUT2D eigenvalue weighted by molar-refractivity contribution is 0.432. The van der Waals surface area contributed by atoms with Crippen molar-refractivity contribution < 1.29 is 8.76 Å². The summed E-state index contributed by atoms with van der Waals surface area (Å²) < 4.78 is 25.2. The zero-order chi connectivity index (χ0) is 24.8. The molecule has 1 aliphatic heterocycles. The van der Waals surface area contributed by atoms with Crippen LogP contribution in [0.4, 0.5) is 5.69 Å². The molecule has 5 aromatic rings. The zero-order valence-corrected chi connectivity index (χ0v) is 20.9. The van der Waals surface area contributed by atoms with Gasteiger partial charge in [-0.3, -0.25) is 4.21 Å². The molecule has 3 atom stereocenters. The van der Waals surface area contributed by atoms with Crippen LogP contribution in [0.3, 0.4) is 0 Å². The normalized spacial score (nSPS) is 19.1. The molecule has 3 unspecified atom stereocenters. The number of nitrogens with one attached hydrogen (secondary N) is 1. The third kappa shape index (κ3) is 3.87. The Balaban J connectivity index is 1.36. The quantitative estimate of drug-likeness (QED) is 0.365. The van der Waals surface area contributed by atoms with E-state index in [-0.39, 0.29) is 4.90 Å². The summed E-state index contributed by atoms with van der Waals surface area (Å²) in [5.74, 6) is 0. The molecule has 1 saturated heterocycles. The molecule has 8 heteroatoms. The predicted octanol–water partition coefficient (Wildman–Crippen LogP) is 4.64. The Bertz CT molecular complexity index is 1590. The highest BCUT2D eigenvalue weighted by molar-refractivity contribution is 7.79. The molecular weight excluding hydrogens is 470 g/mol. The molecule has 0 bridgehead atoms. The van der Waals surface area contributed by atoms with Gasteiger partial charge in [0.15, 0.2) is 5.65 Å². The molecule has 3 aromatic carbocycles. The number of hydrogen-bond acceptors (Lipinski definition) is 6. The van der Waals surface area contributed by atoms with Gasteiger partial charge in [0.1, 0.15) is 0 Å². The van der Waals surface area contributed by atoms with Crippen LogP contribution in [0.15, 0.2) is 84.1 Å². The topological polar surface area (TPSA) is 85.6 Å². The smallest absolute Gasteiger partial charge is 0.162 e. The van der Waals surface area contributed by atoms with Gasteiger partial charge in [0.05, 0.1) is 6.20 Å². The fourth-order valence-electron chi connectivity index (χ4n) is 5.34. The summed E-state index contributed by atoms with van der Waals surface area (Å²) in [5.41, 5.74) is 5.77. The Labute approximate surface area is 212 Å². The molecule has 2 aromatic heterocycles. The molecule has 1 aliphatic rings. The maximum absolute atomic E-state index is 11.7. The highest BCUT2D eigenvalue weighted by Gasteiger charge is 2.24. The molecule has 1 N–H and O–H groups in total. The number of anilines is 1. The number of aromatic nitrogens is 3. The second-order valence-electron chi connectivity index (χ2n) is 9.37. The van der Waals surface area contributed by atoms with Crippen LogP contribution < -0.4 is 10.2 Å². The predicted molar refractivity (Wildman–Crippen MR) is 143 cm³/mol. The number of hydrogen-bond donors (Lipinski definition) is 1. The van der Waals surface area contributed by atoms with E-state index in [4.69, 9.17) is 4.98 Å². The molecule has 0 saturated carbocycles. The fourth-order valence-corrected chi connectivity index (χ4v) is 5.89. The van der Waals surface area contributed by atoms with Crippen molar-refractivity contribution in [3.05, 3.63) is 79.3 Å². The van der Waals surface area contributed by atoms with Crippen molar-refractivity contribution in [2.75, 3.05) is 18.0 Å². The highest BCUT2D eigenvalue weighted by atomic mass is 32.2. The summed E-state index contributed by atoms with van der Waals surface area (Å²) in [6, 6.07) is 20.5. The van der Waals surface area contributed by atoms with E-state index in [0.717, 1.165) is 46.4 Å². The third-order valence-corrected chi connectivity index (χ3v) is 7.75. The van der Waals surface area contributed by atoms with Crippen molar-refractivity contribution in [3.8, 4) is 22.3 Å². The summed E-state index contributed by atoms with van der Waals surface area (Å²) in [5, 5.41) is 9.60. The third-order valence-electron chi connectivity index (χ3n) is 7.04. The second-order valence-corrected chi connectivity index (χ2v) is 10.3. The van der Waals surface area contributed by atoms with Gasteiger partial charge in [-0.15, -0.1) is 0 Å². The molecule has 0 aliphatic carbocycles. The second kappa shape index (κ2) is 9.13. The van der Waals surface area contributed by atoms with E-state index in [1.807, 2.05) is 36.7 Å². The zero-order valence-electron chi connectivity index (χ0n) is 20.1. The van der Waals surface area contributed by atoms with Crippen LogP contribution in [-0.2, 0) is 11.1 Å². The number of rotatable bonds is 4. The number of nitrogens with zero attached hydrogens (tertiary/aromatic N) is 4. The molecule has 0 radical (unpaired) electrons.